The highest BCUT2D eigenvalue weighted by Gasteiger charge is 2.19. The molecule has 3 nitrogen and oxygen atoms in total. The van der Waals surface area contributed by atoms with Crippen molar-refractivity contribution in [2.45, 2.75) is 0 Å². The van der Waals surface area contributed by atoms with Gasteiger partial charge in [0, 0.05) is 44.2 Å². The van der Waals surface area contributed by atoms with E-state index in [2.05, 4.69) is 228 Å². The Labute approximate surface area is 353 Å². The molecule has 0 aliphatic carbocycles. The summed E-state index contributed by atoms with van der Waals surface area (Å²) in [5.74, 6) is 0. The van der Waals surface area contributed by atoms with Crippen LogP contribution in [0.3, 0.4) is 0 Å². The van der Waals surface area contributed by atoms with Crippen molar-refractivity contribution < 1.29 is 4.42 Å². The average Bonchev–Trinajstić information content (AvgIpc) is 3.88. The minimum atomic E-state index is 0.886. The number of nitrogens with zero attached hydrogens (tertiary/aromatic N) is 2. The Kier molecular flexibility index (Phi) is 8.17. The molecule has 286 valence electrons. The minimum Gasteiger partial charge on any atom is -0.456 e. The topological polar surface area (TPSA) is 21.3 Å². The summed E-state index contributed by atoms with van der Waals surface area (Å²) in [4.78, 5) is 2.38. The molecular weight excluding hydrogens is 741 g/mol. The molecule has 0 amide bonds. The molecule has 0 N–H and O–H groups in total. The van der Waals surface area contributed by atoms with Gasteiger partial charge in [0.2, 0.25) is 0 Å². The lowest BCUT2D eigenvalue weighted by atomic mass is 9.98. The van der Waals surface area contributed by atoms with Crippen LogP contribution in [0.1, 0.15) is 0 Å². The molecule has 3 heteroatoms. The second kappa shape index (κ2) is 14.3. The SMILES string of the molecule is c1cc(-c2ccc(N(c3ccc4ccccc4c3)c3ccccc3-c3ccc4c(c3)oc3ccccc34)cc2)cc(-c2ccc(-n3c4ccccc4c4ccccc43)cc2)c1. The molecule has 0 aliphatic rings. The third-order valence-electron chi connectivity index (χ3n) is 12.2. The zero-order chi connectivity index (χ0) is 40.3. The Balaban J connectivity index is 0.909. The van der Waals surface area contributed by atoms with Gasteiger partial charge in [-0.3, -0.25) is 0 Å². The smallest absolute Gasteiger partial charge is 0.136 e. The monoisotopic (exact) mass is 778 g/mol. The van der Waals surface area contributed by atoms with E-state index < -0.39 is 0 Å². The minimum absolute atomic E-state index is 0.886. The normalized spacial score (nSPS) is 11.6. The van der Waals surface area contributed by atoms with Crippen LogP contribution in [-0.2, 0) is 0 Å². The van der Waals surface area contributed by atoms with E-state index >= 15 is 0 Å². The molecule has 2 heterocycles. The Morgan fingerprint density at radius 2 is 0.902 bits per heavy atom. The van der Waals surface area contributed by atoms with Crippen molar-refractivity contribution >= 4 is 71.6 Å². The summed E-state index contributed by atoms with van der Waals surface area (Å²) in [6.45, 7) is 0. The third-order valence-corrected chi connectivity index (χ3v) is 12.2. The molecule has 0 fully saturated rings. The molecule has 0 aliphatic heterocycles. The molecule has 0 saturated carbocycles. The van der Waals surface area contributed by atoms with Crippen LogP contribution in [0, 0.1) is 0 Å². The maximum atomic E-state index is 6.36. The zero-order valence-corrected chi connectivity index (χ0v) is 33.2. The van der Waals surface area contributed by atoms with Gasteiger partial charge in [0.1, 0.15) is 11.2 Å². The number of furan rings is 1. The van der Waals surface area contributed by atoms with Gasteiger partial charge in [0.25, 0.3) is 0 Å². The number of hydrogen-bond acceptors (Lipinski definition) is 2. The summed E-state index contributed by atoms with van der Waals surface area (Å²) in [5.41, 5.74) is 15.6. The van der Waals surface area contributed by atoms with Gasteiger partial charge < -0.3 is 13.9 Å². The maximum Gasteiger partial charge on any atom is 0.136 e. The fourth-order valence-corrected chi connectivity index (χ4v) is 9.23. The second-order valence-electron chi connectivity index (χ2n) is 15.7. The second-order valence-corrected chi connectivity index (χ2v) is 15.7. The number of rotatable bonds is 7. The Morgan fingerprint density at radius 1 is 0.328 bits per heavy atom. The third kappa shape index (κ3) is 5.98. The molecular formula is C58H38N2O. The Bertz CT molecular complexity index is 3540. The zero-order valence-electron chi connectivity index (χ0n) is 33.2. The lowest BCUT2D eigenvalue weighted by Crippen LogP contribution is -2.11. The molecule has 12 aromatic rings. The van der Waals surface area contributed by atoms with Crippen LogP contribution >= 0.6 is 0 Å². The molecule has 0 bridgehead atoms. The van der Waals surface area contributed by atoms with Crippen molar-refractivity contribution in [3.05, 3.63) is 231 Å². The van der Waals surface area contributed by atoms with Crippen LogP contribution in [0.25, 0.3) is 93.6 Å². The number of benzene rings is 10. The largest absolute Gasteiger partial charge is 0.456 e. The van der Waals surface area contributed by atoms with E-state index in [0.717, 1.165) is 61.4 Å². The van der Waals surface area contributed by atoms with Crippen LogP contribution in [0.4, 0.5) is 17.1 Å². The number of fused-ring (bicyclic) bond motifs is 7. The van der Waals surface area contributed by atoms with Crippen LogP contribution in [0.5, 0.6) is 0 Å². The fraction of sp³-hybridized carbons (Fsp3) is 0. The summed E-state index contributed by atoms with van der Waals surface area (Å²) in [6.07, 6.45) is 0. The number of para-hydroxylation sites is 4. The highest BCUT2D eigenvalue weighted by Crippen LogP contribution is 2.43. The fourth-order valence-electron chi connectivity index (χ4n) is 9.23. The van der Waals surface area contributed by atoms with Gasteiger partial charge in [-0.15, -0.1) is 0 Å². The van der Waals surface area contributed by atoms with Crippen LogP contribution in [-0.4, -0.2) is 4.57 Å². The van der Waals surface area contributed by atoms with Gasteiger partial charge in [-0.1, -0.05) is 152 Å². The van der Waals surface area contributed by atoms with E-state index in [4.69, 9.17) is 4.42 Å². The van der Waals surface area contributed by atoms with Gasteiger partial charge in [-0.25, -0.2) is 0 Å². The van der Waals surface area contributed by atoms with Gasteiger partial charge in [0.15, 0.2) is 0 Å². The summed E-state index contributed by atoms with van der Waals surface area (Å²) in [5, 5.41) is 7.21. The molecule has 12 rings (SSSR count). The van der Waals surface area contributed by atoms with E-state index in [1.54, 1.807) is 0 Å². The molecule has 0 radical (unpaired) electrons. The van der Waals surface area contributed by atoms with E-state index in [0.29, 0.717) is 0 Å². The first kappa shape index (κ1) is 34.9. The van der Waals surface area contributed by atoms with Gasteiger partial charge in [-0.05, 0) is 117 Å². The Hall–Kier alpha value is -8.14. The average molecular weight is 779 g/mol. The first-order valence-corrected chi connectivity index (χ1v) is 20.8. The van der Waals surface area contributed by atoms with Crippen molar-refractivity contribution in [3.8, 4) is 39.1 Å². The molecule has 0 atom stereocenters. The van der Waals surface area contributed by atoms with Crippen molar-refractivity contribution in [1.82, 2.24) is 4.57 Å². The molecule has 0 saturated heterocycles. The summed E-state index contributed by atoms with van der Waals surface area (Å²) in [6, 6.07) is 83.0. The quantitative estimate of drug-likeness (QED) is 0.161. The van der Waals surface area contributed by atoms with Gasteiger partial charge in [-0.2, -0.15) is 0 Å². The highest BCUT2D eigenvalue weighted by atomic mass is 16.3. The van der Waals surface area contributed by atoms with Crippen molar-refractivity contribution in [2.24, 2.45) is 0 Å². The van der Waals surface area contributed by atoms with Crippen LogP contribution in [0.15, 0.2) is 235 Å². The van der Waals surface area contributed by atoms with Crippen molar-refractivity contribution in [1.29, 1.82) is 0 Å². The van der Waals surface area contributed by atoms with Gasteiger partial charge >= 0.3 is 0 Å². The standard InChI is InChI=1S/C58H38N2O/c1-2-13-44-37-48(34-28-39(44)12-1)59(54-20-7-3-16-49(54)45-29-35-53-52-19-6-10-23-57(52)61-58(53)38-45)46-30-24-40(25-31-46)42-14-11-15-43(36-42)41-26-32-47(33-27-41)60-55-21-8-4-17-50(55)51-18-5-9-22-56(51)60/h1-38H. The van der Waals surface area contributed by atoms with Gasteiger partial charge in [0.05, 0.1) is 16.7 Å². The molecule has 2 aromatic heterocycles. The van der Waals surface area contributed by atoms with E-state index in [1.165, 1.54) is 49.3 Å². The first-order chi connectivity index (χ1) is 30.2. The Morgan fingerprint density at radius 3 is 1.66 bits per heavy atom. The van der Waals surface area contributed by atoms with Crippen molar-refractivity contribution in [3.63, 3.8) is 0 Å². The summed E-state index contributed by atoms with van der Waals surface area (Å²) in [7, 11) is 0. The highest BCUT2D eigenvalue weighted by molar-refractivity contribution is 6.09. The van der Waals surface area contributed by atoms with E-state index in [-0.39, 0.29) is 0 Å². The predicted octanol–water partition coefficient (Wildman–Crippen LogP) is 16.3. The maximum absolute atomic E-state index is 6.36. The number of hydrogen-bond donors (Lipinski definition) is 0. The predicted molar refractivity (Wildman–Crippen MR) is 257 cm³/mol. The summed E-state index contributed by atoms with van der Waals surface area (Å²) < 4.78 is 8.72. The molecule has 0 unspecified atom stereocenters. The van der Waals surface area contributed by atoms with Crippen LogP contribution in [0.2, 0.25) is 0 Å². The van der Waals surface area contributed by atoms with Crippen molar-refractivity contribution in [2.75, 3.05) is 4.90 Å². The number of anilines is 3. The van der Waals surface area contributed by atoms with E-state index in [9.17, 15) is 0 Å². The lowest BCUT2D eigenvalue weighted by molar-refractivity contribution is 0.669. The molecule has 10 aromatic carbocycles. The lowest BCUT2D eigenvalue weighted by Gasteiger charge is -2.28. The molecule has 61 heavy (non-hydrogen) atoms. The summed E-state index contributed by atoms with van der Waals surface area (Å²) >= 11 is 0. The molecule has 0 spiro atoms. The van der Waals surface area contributed by atoms with Crippen LogP contribution < -0.4 is 4.90 Å². The first-order valence-electron chi connectivity index (χ1n) is 20.8. The van der Waals surface area contributed by atoms with E-state index in [1.807, 2.05) is 12.1 Å². The number of aromatic nitrogens is 1.